The van der Waals surface area contributed by atoms with Crippen LogP contribution in [0, 0.1) is 0 Å². The van der Waals surface area contributed by atoms with Crippen molar-refractivity contribution < 1.29 is 14.6 Å². The molecule has 0 aromatic heterocycles. The SMILES string of the molecule is CO.COCC1CCCCO1. The van der Waals surface area contributed by atoms with E-state index < -0.39 is 0 Å². The summed E-state index contributed by atoms with van der Waals surface area (Å²) in [5, 5.41) is 7.00. The molecule has 1 saturated heterocycles. The number of methoxy groups -OCH3 is 1. The molecule has 1 aliphatic rings. The third-order valence-electron chi connectivity index (χ3n) is 1.63. The maximum absolute atomic E-state index is 7.00. The lowest BCUT2D eigenvalue weighted by Gasteiger charge is -2.21. The Morgan fingerprint density at radius 3 is 2.64 bits per heavy atom. The van der Waals surface area contributed by atoms with E-state index in [-0.39, 0.29) is 0 Å². The van der Waals surface area contributed by atoms with Crippen molar-refractivity contribution in [2.45, 2.75) is 25.4 Å². The lowest BCUT2D eigenvalue weighted by Crippen LogP contribution is -2.23. The smallest absolute Gasteiger partial charge is 0.0808 e. The Bertz CT molecular complexity index is 67.0. The van der Waals surface area contributed by atoms with Gasteiger partial charge in [0.1, 0.15) is 0 Å². The summed E-state index contributed by atoms with van der Waals surface area (Å²) < 4.78 is 10.3. The molecule has 1 aliphatic heterocycles. The summed E-state index contributed by atoms with van der Waals surface area (Å²) in [6.45, 7) is 1.69. The fourth-order valence-corrected chi connectivity index (χ4v) is 1.12. The van der Waals surface area contributed by atoms with Crippen LogP contribution in [0.5, 0.6) is 0 Å². The van der Waals surface area contributed by atoms with Crippen LogP contribution in [0.25, 0.3) is 0 Å². The summed E-state index contributed by atoms with van der Waals surface area (Å²) in [5.74, 6) is 0. The van der Waals surface area contributed by atoms with Crippen molar-refractivity contribution in [3.8, 4) is 0 Å². The Kier molecular flexibility index (Phi) is 7.89. The van der Waals surface area contributed by atoms with E-state index in [0.29, 0.717) is 6.10 Å². The Labute approximate surface area is 68.3 Å². The molecule has 11 heavy (non-hydrogen) atoms. The van der Waals surface area contributed by atoms with E-state index in [2.05, 4.69) is 0 Å². The highest BCUT2D eigenvalue weighted by molar-refractivity contribution is 4.61. The quantitative estimate of drug-likeness (QED) is 0.653. The standard InChI is InChI=1S/C7H14O2.CH4O/c1-8-6-7-4-2-3-5-9-7;1-2/h7H,2-6H2,1H3;2H,1H3. The Morgan fingerprint density at radius 2 is 2.18 bits per heavy atom. The summed E-state index contributed by atoms with van der Waals surface area (Å²) in [5.41, 5.74) is 0. The highest BCUT2D eigenvalue weighted by atomic mass is 16.5. The molecule has 3 heteroatoms. The molecule has 1 atom stereocenters. The van der Waals surface area contributed by atoms with Crippen molar-refractivity contribution in [3.05, 3.63) is 0 Å². The van der Waals surface area contributed by atoms with Gasteiger partial charge in [0.25, 0.3) is 0 Å². The molecule has 1 heterocycles. The monoisotopic (exact) mass is 162 g/mol. The lowest BCUT2D eigenvalue weighted by atomic mass is 10.1. The minimum Gasteiger partial charge on any atom is -0.400 e. The molecule has 0 radical (unpaired) electrons. The van der Waals surface area contributed by atoms with Gasteiger partial charge < -0.3 is 14.6 Å². The van der Waals surface area contributed by atoms with Crippen LogP contribution in [0.3, 0.4) is 0 Å². The molecule has 0 bridgehead atoms. The molecule has 0 aromatic rings. The maximum Gasteiger partial charge on any atom is 0.0808 e. The van der Waals surface area contributed by atoms with Crippen LogP contribution in [0.4, 0.5) is 0 Å². The molecule has 1 fully saturated rings. The molecule has 0 spiro atoms. The summed E-state index contributed by atoms with van der Waals surface area (Å²) in [7, 11) is 2.72. The van der Waals surface area contributed by atoms with Gasteiger partial charge in [0.05, 0.1) is 12.7 Å². The molecule has 1 unspecified atom stereocenters. The average Bonchev–Trinajstić information content (AvgIpc) is 2.11. The molecule has 0 aliphatic carbocycles. The summed E-state index contributed by atoms with van der Waals surface area (Å²) >= 11 is 0. The largest absolute Gasteiger partial charge is 0.400 e. The van der Waals surface area contributed by atoms with Crippen LogP contribution in [0.15, 0.2) is 0 Å². The van der Waals surface area contributed by atoms with Crippen LogP contribution in [-0.2, 0) is 9.47 Å². The normalized spacial score (nSPS) is 23.7. The summed E-state index contributed by atoms with van der Waals surface area (Å²) in [6.07, 6.45) is 4.07. The van der Waals surface area contributed by atoms with Crippen LogP contribution < -0.4 is 0 Å². The zero-order valence-corrected chi connectivity index (χ0v) is 7.38. The van der Waals surface area contributed by atoms with Gasteiger partial charge in [-0.05, 0) is 19.3 Å². The zero-order chi connectivity index (χ0) is 8.53. The first-order valence-corrected chi connectivity index (χ1v) is 3.99. The highest BCUT2D eigenvalue weighted by Gasteiger charge is 2.12. The number of rotatable bonds is 2. The first-order chi connectivity index (χ1) is 5.43. The third-order valence-corrected chi connectivity index (χ3v) is 1.63. The topological polar surface area (TPSA) is 38.7 Å². The fraction of sp³-hybridized carbons (Fsp3) is 1.00. The van der Waals surface area contributed by atoms with Gasteiger partial charge >= 0.3 is 0 Å². The number of hydrogen-bond acceptors (Lipinski definition) is 3. The minimum atomic E-state index is 0.378. The molecule has 68 valence electrons. The van der Waals surface area contributed by atoms with Crippen LogP contribution in [0.1, 0.15) is 19.3 Å². The molecule has 0 amide bonds. The first kappa shape index (κ1) is 10.9. The van der Waals surface area contributed by atoms with Crippen molar-refractivity contribution >= 4 is 0 Å². The van der Waals surface area contributed by atoms with Gasteiger partial charge in [-0.2, -0.15) is 0 Å². The molecule has 3 nitrogen and oxygen atoms in total. The zero-order valence-electron chi connectivity index (χ0n) is 7.38. The van der Waals surface area contributed by atoms with Gasteiger partial charge in [-0.15, -0.1) is 0 Å². The molecular weight excluding hydrogens is 144 g/mol. The van der Waals surface area contributed by atoms with E-state index in [9.17, 15) is 0 Å². The Balaban J connectivity index is 0.000000461. The van der Waals surface area contributed by atoms with Crippen molar-refractivity contribution in [2.24, 2.45) is 0 Å². The van der Waals surface area contributed by atoms with Gasteiger partial charge in [0.2, 0.25) is 0 Å². The molecular formula is C8H18O3. The third kappa shape index (κ3) is 5.18. The van der Waals surface area contributed by atoms with E-state index in [0.717, 1.165) is 20.3 Å². The summed E-state index contributed by atoms with van der Waals surface area (Å²) in [4.78, 5) is 0. The predicted molar refractivity (Wildman–Crippen MR) is 43.6 cm³/mol. The van der Waals surface area contributed by atoms with Gasteiger partial charge in [0, 0.05) is 20.8 Å². The van der Waals surface area contributed by atoms with E-state index in [1.165, 1.54) is 19.3 Å². The number of aliphatic hydroxyl groups excluding tert-OH is 1. The predicted octanol–water partition coefficient (Wildman–Crippen LogP) is 0.810. The van der Waals surface area contributed by atoms with E-state index >= 15 is 0 Å². The van der Waals surface area contributed by atoms with E-state index in [1.54, 1.807) is 7.11 Å². The van der Waals surface area contributed by atoms with Crippen molar-refractivity contribution in [1.82, 2.24) is 0 Å². The molecule has 0 saturated carbocycles. The number of hydrogen-bond donors (Lipinski definition) is 1. The van der Waals surface area contributed by atoms with Gasteiger partial charge in [-0.25, -0.2) is 0 Å². The fourth-order valence-electron chi connectivity index (χ4n) is 1.12. The van der Waals surface area contributed by atoms with Crippen molar-refractivity contribution in [3.63, 3.8) is 0 Å². The first-order valence-electron chi connectivity index (χ1n) is 3.99. The van der Waals surface area contributed by atoms with Gasteiger partial charge in [-0.3, -0.25) is 0 Å². The number of aliphatic hydroxyl groups is 1. The second-order valence-corrected chi connectivity index (χ2v) is 2.44. The second kappa shape index (κ2) is 7.98. The van der Waals surface area contributed by atoms with Crippen molar-refractivity contribution in [2.75, 3.05) is 27.4 Å². The van der Waals surface area contributed by atoms with Gasteiger partial charge in [-0.1, -0.05) is 0 Å². The van der Waals surface area contributed by atoms with Crippen LogP contribution in [-0.4, -0.2) is 38.6 Å². The van der Waals surface area contributed by atoms with Crippen LogP contribution in [0.2, 0.25) is 0 Å². The average molecular weight is 162 g/mol. The second-order valence-electron chi connectivity index (χ2n) is 2.44. The Morgan fingerprint density at radius 1 is 1.45 bits per heavy atom. The molecule has 1 N–H and O–H groups in total. The maximum atomic E-state index is 7.00. The number of ether oxygens (including phenoxy) is 2. The highest BCUT2D eigenvalue weighted by Crippen LogP contribution is 2.11. The van der Waals surface area contributed by atoms with E-state index in [1.807, 2.05) is 0 Å². The summed E-state index contributed by atoms with van der Waals surface area (Å²) in [6, 6.07) is 0. The van der Waals surface area contributed by atoms with Crippen molar-refractivity contribution in [1.29, 1.82) is 0 Å². The van der Waals surface area contributed by atoms with E-state index in [4.69, 9.17) is 14.6 Å². The minimum absolute atomic E-state index is 0.378. The lowest BCUT2D eigenvalue weighted by molar-refractivity contribution is -0.0289. The van der Waals surface area contributed by atoms with Gasteiger partial charge in [0.15, 0.2) is 0 Å². The Hall–Kier alpha value is -0.120. The molecule has 0 aromatic carbocycles. The van der Waals surface area contributed by atoms with Crippen LogP contribution >= 0.6 is 0 Å². The molecule has 1 rings (SSSR count).